The molecule has 1 aromatic carbocycles. The van der Waals surface area contributed by atoms with Gasteiger partial charge in [0.2, 0.25) is 0 Å². The van der Waals surface area contributed by atoms with Gasteiger partial charge in [0.25, 0.3) is 5.91 Å². The van der Waals surface area contributed by atoms with Gasteiger partial charge in [0.05, 0.1) is 0 Å². The Morgan fingerprint density at radius 2 is 1.89 bits per heavy atom. The minimum Gasteiger partial charge on any atom is -0.481 e. The fraction of sp³-hybridized carbons (Fsp3) is 0.429. The molecule has 0 aromatic heterocycles. The van der Waals surface area contributed by atoms with Crippen LogP contribution in [-0.2, 0) is 10.5 Å². The molecule has 0 radical (unpaired) electrons. The normalized spacial score (nSPS) is 10.2. The number of hydrogen-bond donors (Lipinski definition) is 1. The van der Waals surface area contributed by atoms with Gasteiger partial charge in [0, 0.05) is 31.3 Å². The maximum absolute atomic E-state index is 12.1. The molecule has 0 spiro atoms. The van der Waals surface area contributed by atoms with Crippen LogP contribution in [0.4, 0.5) is 0 Å². The van der Waals surface area contributed by atoms with E-state index in [-0.39, 0.29) is 12.3 Å². The number of carboxylic acid groups (broad SMARTS) is 1. The highest BCUT2D eigenvalue weighted by Crippen LogP contribution is 2.12. The van der Waals surface area contributed by atoms with Crippen LogP contribution in [0.2, 0.25) is 0 Å². The largest absolute Gasteiger partial charge is 0.481 e. The third kappa shape index (κ3) is 5.34. The van der Waals surface area contributed by atoms with Crippen molar-refractivity contribution in [2.24, 2.45) is 0 Å². The standard InChI is InChI=1S/C14H19NO3S/c1-15(9-3-4-13(16)17)14(18)12-7-5-11(6-8-12)10-19-2/h5-8H,3-4,9-10H2,1-2H3,(H,16,17). The lowest BCUT2D eigenvalue weighted by Gasteiger charge is -2.16. The first kappa shape index (κ1) is 15.6. The van der Waals surface area contributed by atoms with Crippen molar-refractivity contribution in [2.45, 2.75) is 18.6 Å². The summed E-state index contributed by atoms with van der Waals surface area (Å²) in [5, 5.41) is 8.56. The fourth-order valence-electron chi connectivity index (χ4n) is 1.70. The second-order valence-corrected chi connectivity index (χ2v) is 5.22. The predicted molar refractivity (Wildman–Crippen MR) is 77.5 cm³/mol. The molecule has 1 aromatic rings. The lowest BCUT2D eigenvalue weighted by Crippen LogP contribution is -2.28. The quantitative estimate of drug-likeness (QED) is 0.834. The molecule has 0 aliphatic rings. The maximum atomic E-state index is 12.1. The van der Waals surface area contributed by atoms with Gasteiger partial charge in [-0.15, -0.1) is 0 Å². The third-order valence-electron chi connectivity index (χ3n) is 2.74. The van der Waals surface area contributed by atoms with Crippen LogP contribution < -0.4 is 0 Å². The molecule has 0 atom stereocenters. The van der Waals surface area contributed by atoms with E-state index in [0.717, 1.165) is 5.75 Å². The van der Waals surface area contributed by atoms with Gasteiger partial charge in [0.15, 0.2) is 0 Å². The summed E-state index contributed by atoms with van der Waals surface area (Å²) in [6.45, 7) is 0.456. The van der Waals surface area contributed by atoms with Crippen molar-refractivity contribution in [3.63, 3.8) is 0 Å². The van der Waals surface area contributed by atoms with Crippen LogP contribution in [0, 0.1) is 0 Å². The minimum atomic E-state index is -0.831. The molecule has 0 fully saturated rings. The zero-order valence-corrected chi connectivity index (χ0v) is 12.1. The number of rotatable bonds is 7. The average molecular weight is 281 g/mol. The average Bonchev–Trinajstić information content (AvgIpc) is 2.38. The van der Waals surface area contributed by atoms with Crippen LogP contribution in [0.15, 0.2) is 24.3 Å². The molecular formula is C14H19NO3S. The van der Waals surface area contributed by atoms with Gasteiger partial charge in [-0.2, -0.15) is 11.8 Å². The molecule has 1 rings (SSSR count). The molecule has 0 aliphatic heterocycles. The number of carbonyl (C=O) groups is 2. The van der Waals surface area contributed by atoms with Gasteiger partial charge >= 0.3 is 5.97 Å². The second kappa shape index (κ2) is 7.84. The number of benzene rings is 1. The van der Waals surface area contributed by atoms with Crippen LogP contribution in [0.3, 0.4) is 0 Å². The van der Waals surface area contributed by atoms with Crippen molar-refractivity contribution in [1.82, 2.24) is 4.90 Å². The maximum Gasteiger partial charge on any atom is 0.303 e. The van der Waals surface area contributed by atoms with Gasteiger partial charge in [-0.3, -0.25) is 9.59 Å². The highest BCUT2D eigenvalue weighted by Gasteiger charge is 2.11. The molecule has 5 heteroatoms. The molecule has 0 aliphatic carbocycles. The van der Waals surface area contributed by atoms with Gasteiger partial charge in [-0.05, 0) is 30.4 Å². The predicted octanol–water partition coefficient (Wildman–Crippen LogP) is 2.49. The Labute approximate surface area is 117 Å². The van der Waals surface area contributed by atoms with E-state index in [4.69, 9.17) is 5.11 Å². The Morgan fingerprint density at radius 3 is 2.42 bits per heavy atom. The van der Waals surface area contributed by atoms with E-state index in [1.54, 1.807) is 23.7 Å². The molecule has 0 bridgehead atoms. The monoisotopic (exact) mass is 281 g/mol. The first-order valence-corrected chi connectivity index (χ1v) is 7.49. The molecule has 0 saturated heterocycles. The molecule has 1 amide bonds. The fourth-order valence-corrected chi connectivity index (χ4v) is 2.23. The third-order valence-corrected chi connectivity index (χ3v) is 3.36. The van der Waals surface area contributed by atoms with Crippen molar-refractivity contribution < 1.29 is 14.7 Å². The molecule has 0 unspecified atom stereocenters. The zero-order valence-electron chi connectivity index (χ0n) is 11.3. The van der Waals surface area contributed by atoms with E-state index >= 15 is 0 Å². The van der Waals surface area contributed by atoms with Gasteiger partial charge in [0.1, 0.15) is 0 Å². The summed E-state index contributed by atoms with van der Waals surface area (Å²) in [5.41, 5.74) is 1.83. The van der Waals surface area contributed by atoms with Crippen molar-refractivity contribution in [3.05, 3.63) is 35.4 Å². The van der Waals surface area contributed by atoms with Gasteiger partial charge in [-0.1, -0.05) is 12.1 Å². The van der Waals surface area contributed by atoms with Crippen LogP contribution in [0.1, 0.15) is 28.8 Å². The smallest absolute Gasteiger partial charge is 0.303 e. The lowest BCUT2D eigenvalue weighted by atomic mass is 10.1. The van der Waals surface area contributed by atoms with E-state index in [2.05, 4.69) is 0 Å². The van der Waals surface area contributed by atoms with Crippen molar-refractivity contribution in [1.29, 1.82) is 0 Å². The first-order chi connectivity index (χ1) is 9.04. The number of carbonyl (C=O) groups excluding carboxylic acids is 1. The van der Waals surface area contributed by atoms with Crippen LogP contribution in [0.25, 0.3) is 0 Å². The summed E-state index contributed by atoms with van der Waals surface area (Å²) in [6, 6.07) is 7.55. The first-order valence-electron chi connectivity index (χ1n) is 6.09. The van der Waals surface area contributed by atoms with Crippen molar-refractivity contribution in [2.75, 3.05) is 19.8 Å². The van der Waals surface area contributed by atoms with Crippen LogP contribution in [-0.4, -0.2) is 41.7 Å². The van der Waals surface area contributed by atoms with Crippen LogP contribution >= 0.6 is 11.8 Å². The Hall–Kier alpha value is -1.49. The highest BCUT2D eigenvalue weighted by atomic mass is 32.2. The Morgan fingerprint density at radius 1 is 1.26 bits per heavy atom. The number of aliphatic carboxylic acids is 1. The summed E-state index contributed by atoms with van der Waals surface area (Å²) >= 11 is 1.74. The molecule has 1 N–H and O–H groups in total. The molecule has 104 valence electrons. The summed E-state index contributed by atoms with van der Waals surface area (Å²) in [5.74, 6) is 0.0338. The summed E-state index contributed by atoms with van der Waals surface area (Å²) in [6.07, 6.45) is 2.60. The summed E-state index contributed by atoms with van der Waals surface area (Å²) in [4.78, 5) is 24.0. The topological polar surface area (TPSA) is 57.6 Å². The number of hydrogen-bond acceptors (Lipinski definition) is 3. The van der Waals surface area contributed by atoms with Crippen LogP contribution in [0.5, 0.6) is 0 Å². The molecule has 19 heavy (non-hydrogen) atoms. The Bertz CT molecular complexity index is 431. The Balaban J connectivity index is 2.53. The number of amides is 1. The SMILES string of the molecule is CSCc1ccc(C(=O)N(C)CCCC(=O)O)cc1. The minimum absolute atomic E-state index is 0.0684. The number of nitrogens with zero attached hydrogens (tertiary/aromatic N) is 1. The highest BCUT2D eigenvalue weighted by molar-refractivity contribution is 7.97. The molecule has 0 heterocycles. The van der Waals surface area contributed by atoms with Crippen molar-refractivity contribution in [3.8, 4) is 0 Å². The van der Waals surface area contributed by atoms with E-state index in [9.17, 15) is 9.59 Å². The van der Waals surface area contributed by atoms with E-state index in [1.165, 1.54) is 5.56 Å². The van der Waals surface area contributed by atoms with E-state index in [1.807, 2.05) is 30.5 Å². The number of carboxylic acids is 1. The number of thioether (sulfide) groups is 1. The van der Waals surface area contributed by atoms with Crippen molar-refractivity contribution >= 4 is 23.6 Å². The van der Waals surface area contributed by atoms with Gasteiger partial charge < -0.3 is 10.0 Å². The molecule has 0 saturated carbocycles. The second-order valence-electron chi connectivity index (χ2n) is 4.35. The molecular weight excluding hydrogens is 262 g/mol. The van der Waals surface area contributed by atoms with Gasteiger partial charge in [-0.25, -0.2) is 0 Å². The van der Waals surface area contributed by atoms with E-state index in [0.29, 0.717) is 18.5 Å². The zero-order chi connectivity index (χ0) is 14.3. The van der Waals surface area contributed by atoms with E-state index < -0.39 is 5.97 Å². The Kier molecular flexibility index (Phi) is 6.42. The lowest BCUT2D eigenvalue weighted by molar-refractivity contribution is -0.137. The summed E-state index contributed by atoms with van der Waals surface area (Å²) < 4.78 is 0. The summed E-state index contributed by atoms with van der Waals surface area (Å²) in [7, 11) is 1.69. The molecule has 4 nitrogen and oxygen atoms in total.